The fraction of sp³-hybridized carbons (Fsp3) is 0.400. The van der Waals surface area contributed by atoms with Crippen molar-refractivity contribution in [2.75, 3.05) is 18.7 Å². The summed E-state index contributed by atoms with van der Waals surface area (Å²) in [4.78, 5) is 29.3. The van der Waals surface area contributed by atoms with Gasteiger partial charge in [-0.05, 0) is 50.5 Å². The van der Waals surface area contributed by atoms with Gasteiger partial charge in [-0.25, -0.2) is 4.79 Å². The molecule has 0 spiro atoms. The van der Waals surface area contributed by atoms with Gasteiger partial charge in [-0.2, -0.15) is 0 Å². The van der Waals surface area contributed by atoms with Crippen LogP contribution in [0, 0.1) is 13.8 Å². The summed E-state index contributed by atoms with van der Waals surface area (Å²) in [6, 6.07) is 6.13. The smallest absolute Gasteiger partial charge is 0.330 e. The van der Waals surface area contributed by atoms with E-state index in [1.165, 1.54) is 0 Å². The molecule has 1 N–H and O–H groups in total. The number of nitrogens with zero attached hydrogens (tertiary/aromatic N) is 2. The topological polar surface area (TPSA) is 67.3 Å². The van der Waals surface area contributed by atoms with Crippen molar-refractivity contribution in [2.24, 2.45) is 0 Å². The van der Waals surface area contributed by atoms with Gasteiger partial charge in [0.2, 0.25) is 0 Å². The molecule has 26 heavy (non-hydrogen) atoms. The van der Waals surface area contributed by atoms with E-state index >= 15 is 0 Å². The lowest BCUT2D eigenvalue weighted by Crippen LogP contribution is -2.38. The molecule has 140 valence electrons. The number of nitrogens with one attached hydrogen (secondary N) is 1. The summed E-state index contributed by atoms with van der Waals surface area (Å²) in [6.45, 7) is 8.45. The van der Waals surface area contributed by atoms with Crippen LogP contribution in [0.1, 0.15) is 30.5 Å². The number of hydrogen-bond acceptors (Lipinski definition) is 4. The highest BCUT2D eigenvalue weighted by molar-refractivity contribution is 5.64. The third kappa shape index (κ3) is 4.14. The maximum absolute atomic E-state index is 12.5. The van der Waals surface area contributed by atoms with Crippen LogP contribution < -0.4 is 16.1 Å². The minimum atomic E-state index is -0.425. The summed E-state index contributed by atoms with van der Waals surface area (Å²) in [6.07, 6.45) is 4.27. The number of ether oxygens (including phenoxy) is 1. The Kier molecular flexibility index (Phi) is 6.58. The van der Waals surface area contributed by atoms with Gasteiger partial charge in [0, 0.05) is 19.3 Å². The molecule has 0 amide bonds. The average molecular weight is 357 g/mol. The number of rotatable bonds is 7. The van der Waals surface area contributed by atoms with Crippen molar-refractivity contribution >= 4 is 11.5 Å². The normalized spacial score (nSPS) is 11.3. The molecule has 0 fully saturated rings. The Balaban J connectivity index is 2.81. The first-order chi connectivity index (χ1) is 12.4. The molecule has 1 aromatic carbocycles. The third-order valence-electron chi connectivity index (χ3n) is 4.17. The van der Waals surface area contributed by atoms with Crippen LogP contribution in [0.25, 0.3) is 0 Å². The van der Waals surface area contributed by atoms with Crippen molar-refractivity contribution in [3.63, 3.8) is 0 Å². The summed E-state index contributed by atoms with van der Waals surface area (Å²) in [5, 5.41) is 0. The maximum Gasteiger partial charge on any atom is 0.330 e. The van der Waals surface area contributed by atoms with E-state index in [4.69, 9.17) is 4.74 Å². The van der Waals surface area contributed by atoms with E-state index in [-0.39, 0.29) is 12.3 Å². The molecule has 6 heteroatoms. The van der Waals surface area contributed by atoms with Crippen LogP contribution in [0.15, 0.2) is 39.9 Å². The molecule has 0 bridgehead atoms. The van der Waals surface area contributed by atoms with E-state index in [1.807, 2.05) is 56.9 Å². The number of hydrogen-bond donors (Lipinski definition) is 1. The van der Waals surface area contributed by atoms with E-state index in [9.17, 15) is 9.59 Å². The lowest BCUT2D eigenvalue weighted by molar-refractivity contribution is 0.205. The molecule has 6 nitrogen and oxygen atoms in total. The second-order valence-electron chi connectivity index (χ2n) is 6.29. The largest absolute Gasteiger partial charge is 0.364 e. The molecule has 2 rings (SSSR count). The lowest BCUT2D eigenvalue weighted by atomic mass is 10.1. The van der Waals surface area contributed by atoms with Crippen LogP contribution in [0.3, 0.4) is 0 Å². The molecule has 0 saturated heterocycles. The maximum atomic E-state index is 12.5. The van der Waals surface area contributed by atoms with Gasteiger partial charge >= 0.3 is 5.69 Å². The number of benzene rings is 1. The van der Waals surface area contributed by atoms with Gasteiger partial charge in [-0.3, -0.25) is 14.3 Å². The Morgan fingerprint density at radius 1 is 1.19 bits per heavy atom. The Morgan fingerprint density at radius 3 is 2.38 bits per heavy atom. The highest BCUT2D eigenvalue weighted by atomic mass is 16.5. The number of allylic oxidation sites excluding steroid dienone is 2. The molecule has 0 aliphatic rings. The van der Waals surface area contributed by atoms with Crippen LogP contribution in [0.2, 0.25) is 0 Å². The summed E-state index contributed by atoms with van der Waals surface area (Å²) in [5.41, 5.74) is 2.88. The van der Waals surface area contributed by atoms with Gasteiger partial charge in [0.05, 0.1) is 5.56 Å². The van der Waals surface area contributed by atoms with Crippen molar-refractivity contribution in [3.8, 4) is 0 Å². The highest BCUT2D eigenvalue weighted by Gasteiger charge is 2.21. The Bertz CT molecular complexity index is 889. The van der Waals surface area contributed by atoms with Gasteiger partial charge in [0.15, 0.2) is 0 Å². The predicted molar refractivity (Wildman–Crippen MR) is 105 cm³/mol. The number of aryl methyl sites for hydroxylation is 2. The second kappa shape index (κ2) is 8.67. The monoisotopic (exact) mass is 357 g/mol. The fourth-order valence-corrected chi connectivity index (χ4v) is 3.10. The molecular formula is C20H27N3O3. The van der Waals surface area contributed by atoms with E-state index in [0.717, 1.165) is 16.8 Å². The van der Waals surface area contributed by atoms with Crippen molar-refractivity contribution < 1.29 is 4.74 Å². The van der Waals surface area contributed by atoms with E-state index < -0.39 is 5.69 Å². The first-order valence-electron chi connectivity index (χ1n) is 8.74. The van der Waals surface area contributed by atoms with Gasteiger partial charge < -0.3 is 9.64 Å². The minimum absolute atomic E-state index is 0.231. The summed E-state index contributed by atoms with van der Waals surface area (Å²) >= 11 is 0. The summed E-state index contributed by atoms with van der Waals surface area (Å²) in [7, 11) is 1.60. The quantitative estimate of drug-likeness (QED) is 0.611. The average Bonchev–Trinajstić information content (AvgIpc) is 2.57. The number of methoxy groups -OCH3 is 1. The van der Waals surface area contributed by atoms with E-state index in [2.05, 4.69) is 11.1 Å². The number of aromatic nitrogens is 2. The van der Waals surface area contributed by atoms with E-state index in [0.29, 0.717) is 24.3 Å². The van der Waals surface area contributed by atoms with Gasteiger partial charge in [-0.15, -0.1) is 0 Å². The van der Waals surface area contributed by atoms with Crippen LogP contribution in [-0.2, 0) is 17.7 Å². The zero-order valence-electron chi connectivity index (χ0n) is 16.1. The van der Waals surface area contributed by atoms with Crippen molar-refractivity contribution in [1.29, 1.82) is 0 Å². The fourth-order valence-electron chi connectivity index (χ4n) is 3.10. The highest BCUT2D eigenvalue weighted by Crippen LogP contribution is 2.28. The van der Waals surface area contributed by atoms with Crippen molar-refractivity contribution in [3.05, 3.63) is 67.9 Å². The molecule has 0 aliphatic heterocycles. The molecule has 1 aromatic heterocycles. The lowest BCUT2D eigenvalue weighted by Gasteiger charge is -2.29. The Labute approximate surface area is 153 Å². The predicted octanol–water partition coefficient (Wildman–Crippen LogP) is 3.03. The molecule has 0 radical (unpaired) electrons. The SMILES string of the molecule is C/C=C/Cn1c(N(COC)c2cc(C)cc(C)c2)c(CC)c(=O)[nH]c1=O. The Morgan fingerprint density at radius 2 is 1.85 bits per heavy atom. The first-order valence-corrected chi connectivity index (χ1v) is 8.74. The first kappa shape index (κ1) is 19.7. The van der Waals surface area contributed by atoms with Crippen LogP contribution >= 0.6 is 0 Å². The van der Waals surface area contributed by atoms with E-state index in [1.54, 1.807) is 11.7 Å². The molecule has 2 aromatic rings. The van der Waals surface area contributed by atoms with Gasteiger partial charge in [0.25, 0.3) is 5.56 Å². The Hall–Kier alpha value is -2.60. The minimum Gasteiger partial charge on any atom is -0.364 e. The number of H-pyrrole nitrogens is 1. The van der Waals surface area contributed by atoms with Crippen LogP contribution in [0.4, 0.5) is 11.5 Å². The third-order valence-corrected chi connectivity index (χ3v) is 4.17. The molecule has 0 unspecified atom stereocenters. The van der Waals surface area contributed by atoms with Gasteiger partial charge in [0.1, 0.15) is 12.5 Å². The van der Waals surface area contributed by atoms with Crippen LogP contribution in [-0.4, -0.2) is 23.4 Å². The zero-order valence-corrected chi connectivity index (χ0v) is 16.1. The summed E-state index contributed by atoms with van der Waals surface area (Å²) < 4.78 is 6.99. The van der Waals surface area contributed by atoms with Gasteiger partial charge in [-0.1, -0.05) is 25.1 Å². The molecular weight excluding hydrogens is 330 g/mol. The summed E-state index contributed by atoms with van der Waals surface area (Å²) in [5.74, 6) is 0.575. The number of aromatic amines is 1. The molecule has 0 atom stereocenters. The standard InChI is InChI=1S/C20H27N3O3/c1-6-8-9-22-19(17(7-2)18(24)21-20(22)25)23(13-26-5)16-11-14(3)10-15(4)12-16/h6,8,10-12H,7,9,13H2,1-5H3,(H,21,24,25)/b8-6+. The van der Waals surface area contributed by atoms with Crippen molar-refractivity contribution in [1.82, 2.24) is 9.55 Å². The second-order valence-corrected chi connectivity index (χ2v) is 6.29. The zero-order chi connectivity index (χ0) is 19.3. The molecule has 0 saturated carbocycles. The van der Waals surface area contributed by atoms with Crippen LogP contribution in [0.5, 0.6) is 0 Å². The molecule has 0 aliphatic carbocycles. The van der Waals surface area contributed by atoms with Crippen molar-refractivity contribution in [2.45, 2.75) is 40.7 Å². The molecule has 1 heterocycles. The number of anilines is 2.